The Kier molecular flexibility index (Phi) is 5.45. The molecule has 1 heterocycles. The number of ether oxygens (including phenoxy) is 3. The smallest absolute Gasteiger partial charge is 0.252 e. The highest BCUT2D eigenvalue weighted by molar-refractivity contribution is 9.10. The van der Waals surface area contributed by atoms with E-state index in [0.717, 1.165) is 5.56 Å². The molecule has 2 N–H and O–H groups in total. The maximum atomic E-state index is 12.3. The Hall–Kier alpha value is -2.25. The van der Waals surface area contributed by atoms with E-state index >= 15 is 0 Å². The second-order valence-electron chi connectivity index (χ2n) is 5.52. The third kappa shape index (κ3) is 4.05. The van der Waals surface area contributed by atoms with Crippen molar-refractivity contribution in [3.8, 4) is 17.2 Å². The fourth-order valence-corrected chi connectivity index (χ4v) is 2.94. The summed E-state index contributed by atoms with van der Waals surface area (Å²) in [7, 11) is 1.55. The van der Waals surface area contributed by atoms with Crippen molar-refractivity contribution in [2.24, 2.45) is 0 Å². The van der Waals surface area contributed by atoms with Gasteiger partial charge in [0.2, 0.25) is 6.79 Å². The first kappa shape index (κ1) is 17.6. The second-order valence-corrected chi connectivity index (χ2v) is 6.37. The molecule has 1 atom stereocenters. The fraction of sp³-hybridized carbons (Fsp3) is 0.278. The highest BCUT2D eigenvalue weighted by Crippen LogP contribution is 2.34. The number of aliphatic hydroxyl groups is 1. The van der Waals surface area contributed by atoms with Crippen LogP contribution < -0.4 is 19.5 Å². The summed E-state index contributed by atoms with van der Waals surface area (Å²) in [5.74, 6) is 1.67. The summed E-state index contributed by atoms with van der Waals surface area (Å²) in [5.41, 5.74) is 1.21. The van der Waals surface area contributed by atoms with Gasteiger partial charge < -0.3 is 24.6 Å². The summed E-state index contributed by atoms with van der Waals surface area (Å²) in [6, 6.07) is 10.5. The number of fused-ring (bicyclic) bond motifs is 1. The Morgan fingerprint density at radius 3 is 2.88 bits per heavy atom. The number of hydrogen-bond acceptors (Lipinski definition) is 5. The topological polar surface area (TPSA) is 77.0 Å². The molecule has 0 aromatic heterocycles. The van der Waals surface area contributed by atoms with Crippen molar-refractivity contribution in [1.82, 2.24) is 5.32 Å². The summed E-state index contributed by atoms with van der Waals surface area (Å²) in [6.07, 6.45) is -0.323. The van der Waals surface area contributed by atoms with Gasteiger partial charge >= 0.3 is 0 Å². The van der Waals surface area contributed by atoms with Gasteiger partial charge in [0, 0.05) is 11.0 Å². The van der Waals surface area contributed by atoms with Gasteiger partial charge in [0.1, 0.15) is 5.75 Å². The standard InChI is InChI=1S/C18H18BrNO5/c1-23-12-3-4-14(19)13(9-12)18(22)20-7-6-15(21)11-2-5-16-17(8-11)25-10-24-16/h2-5,8-9,15,21H,6-7,10H2,1H3,(H,20,22). The van der Waals surface area contributed by atoms with Crippen molar-refractivity contribution in [3.05, 3.63) is 52.0 Å². The van der Waals surface area contributed by atoms with Crippen LogP contribution in [0.2, 0.25) is 0 Å². The van der Waals surface area contributed by atoms with Gasteiger partial charge in [0.15, 0.2) is 11.5 Å². The molecule has 0 radical (unpaired) electrons. The predicted octanol–water partition coefficient (Wildman–Crippen LogP) is 3.04. The quantitative estimate of drug-likeness (QED) is 0.769. The summed E-state index contributed by atoms with van der Waals surface area (Å²) in [4.78, 5) is 12.3. The zero-order chi connectivity index (χ0) is 17.8. The minimum atomic E-state index is -0.705. The first-order valence-electron chi connectivity index (χ1n) is 7.78. The van der Waals surface area contributed by atoms with Gasteiger partial charge in [-0.15, -0.1) is 0 Å². The van der Waals surface area contributed by atoms with Crippen molar-refractivity contribution in [2.45, 2.75) is 12.5 Å². The third-order valence-corrected chi connectivity index (χ3v) is 4.59. The molecule has 0 saturated carbocycles. The Morgan fingerprint density at radius 1 is 1.28 bits per heavy atom. The molecule has 3 rings (SSSR count). The molecule has 1 amide bonds. The lowest BCUT2D eigenvalue weighted by atomic mass is 10.1. The Labute approximate surface area is 153 Å². The fourth-order valence-electron chi connectivity index (χ4n) is 2.51. The van der Waals surface area contributed by atoms with Crippen LogP contribution in [0.3, 0.4) is 0 Å². The largest absolute Gasteiger partial charge is 0.497 e. The van der Waals surface area contributed by atoms with E-state index in [1.165, 1.54) is 0 Å². The van der Waals surface area contributed by atoms with Crippen molar-refractivity contribution in [2.75, 3.05) is 20.4 Å². The number of amides is 1. The summed E-state index contributed by atoms with van der Waals surface area (Å²) >= 11 is 3.35. The molecule has 0 bridgehead atoms. The normalized spacial score (nSPS) is 13.4. The molecule has 1 aliphatic rings. The molecule has 1 aliphatic heterocycles. The number of carbonyl (C=O) groups excluding carboxylic acids is 1. The number of halogens is 1. The lowest BCUT2D eigenvalue weighted by Crippen LogP contribution is -2.26. The van der Waals surface area contributed by atoms with Crippen LogP contribution in [0.4, 0.5) is 0 Å². The van der Waals surface area contributed by atoms with E-state index in [2.05, 4.69) is 21.2 Å². The van der Waals surface area contributed by atoms with Crippen LogP contribution in [0, 0.1) is 0 Å². The van der Waals surface area contributed by atoms with Crippen LogP contribution in [-0.2, 0) is 0 Å². The maximum absolute atomic E-state index is 12.3. The highest BCUT2D eigenvalue weighted by Gasteiger charge is 2.17. The monoisotopic (exact) mass is 407 g/mol. The molecule has 1 unspecified atom stereocenters. The second kappa shape index (κ2) is 7.76. The highest BCUT2D eigenvalue weighted by atomic mass is 79.9. The van der Waals surface area contributed by atoms with E-state index in [0.29, 0.717) is 40.3 Å². The Balaban J connectivity index is 1.56. The van der Waals surface area contributed by atoms with E-state index < -0.39 is 6.10 Å². The van der Waals surface area contributed by atoms with Gasteiger partial charge in [0.05, 0.1) is 18.8 Å². The number of hydrogen-bond donors (Lipinski definition) is 2. The molecular formula is C18H18BrNO5. The molecule has 0 saturated heterocycles. The molecule has 6 nitrogen and oxygen atoms in total. The lowest BCUT2D eigenvalue weighted by molar-refractivity contribution is 0.0941. The van der Waals surface area contributed by atoms with Crippen LogP contribution in [0.15, 0.2) is 40.9 Å². The Morgan fingerprint density at radius 2 is 2.08 bits per heavy atom. The number of rotatable bonds is 6. The van der Waals surface area contributed by atoms with Crippen LogP contribution in [0.1, 0.15) is 28.4 Å². The molecule has 2 aromatic rings. The average Bonchev–Trinajstić information content (AvgIpc) is 3.09. The van der Waals surface area contributed by atoms with Crippen molar-refractivity contribution < 1.29 is 24.1 Å². The molecular weight excluding hydrogens is 390 g/mol. The van der Waals surface area contributed by atoms with Crippen LogP contribution in [0.25, 0.3) is 0 Å². The first-order chi connectivity index (χ1) is 12.1. The van der Waals surface area contributed by atoms with E-state index in [4.69, 9.17) is 14.2 Å². The van der Waals surface area contributed by atoms with Gasteiger partial charge in [-0.3, -0.25) is 4.79 Å². The minimum absolute atomic E-state index is 0.195. The molecule has 25 heavy (non-hydrogen) atoms. The summed E-state index contributed by atoms with van der Waals surface area (Å²) < 4.78 is 16.4. The number of benzene rings is 2. The molecule has 7 heteroatoms. The van der Waals surface area contributed by atoms with Crippen LogP contribution >= 0.6 is 15.9 Å². The van der Waals surface area contributed by atoms with Crippen LogP contribution in [-0.4, -0.2) is 31.5 Å². The van der Waals surface area contributed by atoms with E-state index in [-0.39, 0.29) is 12.7 Å². The molecule has 0 aliphatic carbocycles. The van der Waals surface area contributed by atoms with Crippen molar-refractivity contribution in [1.29, 1.82) is 0 Å². The summed E-state index contributed by atoms with van der Waals surface area (Å²) in [5, 5.41) is 13.1. The van der Waals surface area contributed by atoms with Gasteiger partial charge in [-0.1, -0.05) is 6.07 Å². The number of aliphatic hydroxyl groups excluding tert-OH is 1. The zero-order valence-electron chi connectivity index (χ0n) is 13.6. The molecule has 132 valence electrons. The van der Waals surface area contributed by atoms with Crippen molar-refractivity contribution in [3.63, 3.8) is 0 Å². The molecule has 2 aromatic carbocycles. The Bertz CT molecular complexity index is 780. The minimum Gasteiger partial charge on any atom is -0.497 e. The maximum Gasteiger partial charge on any atom is 0.252 e. The molecule has 0 fully saturated rings. The number of nitrogens with one attached hydrogen (secondary N) is 1. The van der Waals surface area contributed by atoms with Gasteiger partial charge in [-0.2, -0.15) is 0 Å². The van der Waals surface area contributed by atoms with E-state index in [1.54, 1.807) is 43.5 Å². The van der Waals surface area contributed by atoms with Gasteiger partial charge in [-0.25, -0.2) is 0 Å². The number of carbonyl (C=O) groups is 1. The summed E-state index contributed by atoms with van der Waals surface area (Å²) in [6.45, 7) is 0.526. The zero-order valence-corrected chi connectivity index (χ0v) is 15.2. The van der Waals surface area contributed by atoms with E-state index in [9.17, 15) is 9.90 Å². The predicted molar refractivity (Wildman–Crippen MR) is 95.2 cm³/mol. The van der Waals surface area contributed by atoms with Gasteiger partial charge in [-0.05, 0) is 58.2 Å². The van der Waals surface area contributed by atoms with Crippen LogP contribution in [0.5, 0.6) is 17.2 Å². The van der Waals surface area contributed by atoms with Gasteiger partial charge in [0.25, 0.3) is 5.91 Å². The first-order valence-corrected chi connectivity index (χ1v) is 8.57. The average molecular weight is 408 g/mol. The molecule has 0 spiro atoms. The number of methoxy groups -OCH3 is 1. The van der Waals surface area contributed by atoms with Crippen molar-refractivity contribution >= 4 is 21.8 Å². The SMILES string of the molecule is COc1ccc(Br)c(C(=O)NCCC(O)c2ccc3c(c2)OCO3)c1. The third-order valence-electron chi connectivity index (χ3n) is 3.90. The van der Waals surface area contributed by atoms with E-state index in [1.807, 2.05) is 0 Å². The lowest BCUT2D eigenvalue weighted by Gasteiger charge is -2.13.